The summed E-state index contributed by atoms with van der Waals surface area (Å²) in [5.74, 6) is -2.39. The lowest BCUT2D eigenvalue weighted by Crippen LogP contribution is -2.18. The molecule has 0 radical (unpaired) electrons. The molecule has 0 aromatic heterocycles. The number of carboxylic acids is 1. The number of benzene rings is 1. The summed E-state index contributed by atoms with van der Waals surface area (Å²) in [6, 6.07) is 4.30. The highest BCUT2D eigenvalue weighted by Crippen LogP contribution is 2.21. The van der Waals surface area contributed by atoms with E-state index in [1.165, 1.54) is 24.3 Å². The van der Waals surface area contributed by atoms with Crippen molar-refractivity contribution >= 4 is 23.6 Å². The van der Waals surface area contributed by atoms with Crippen LogP contribution in [0, 0.1) is 0 Å². The van der Waals surface area contributed by atoms with Gasteiger partial charge in [0.05, 0.1) is 5.56 Å². The number of allylic oxidation sites excluding steroid dienone is 1. The lowest BCUT2D eigenvalue weighted by Gasteiger charge is -2.10. The van der Waals surface area contributed by atoms with E-state index in [1.807, 2.05) is 0 Å². The van der Waals surface area contributed by atoms with Crippen LogP contribution in [-0.4, -0.2) is 22.6 Å². The summed E-state index contributed by atoms with van der Waals surface area (Å²) in [4.78, 5) is 33.3. The van der Waals surface area contributed by atoms with Crippen molar-refractivity contribution in [2.75, 3.05) is 0 Å². The molecule has 0 unspecified atom stereocenters. The van der Waals surface area contributed by atoms with E-state index < -0.39 is 17.5 Å². The number of ketones is 2. The Labute approximate surface area is 84.8 Å². The summed E-state index contributed by atoms with van der Waals surface area (Å²) in [7, 11) is 0. The third-order valence-electron chi connectivity index (χ3n) is 2.21. The van der Waals surface area contributed by atoms with Crippen LogP contribution in [0.4, 0.5) is 0 Å². The van der Waals surface area contributed by atoms with Gasteiger partial charge in [-0.05, 0) is 18.2 Å². The average molecular weight is 202 g/mol. The summed E-state index contributed by atoms with van der Waals surface area (Å²) in [6.07, 6.45) is 2.46. The molecule has 4 heteroatoms. The number of carbonyl (C=O) groups is 3. The number of carboxylic acid groups (broad SMARTS) is 1. The summed E-state index contributed by atoms with van der Waals surface area (Å²) in [5.41, 5.74) is 0.488. The van der Waals surface area contributed by atoms with E-state index in [0.29, 0.717) is 5.56 Å². The molecule has 0 saturated carbocycles. The maximum atomic E-state index is 11.4. The monoisotopic (exact) mass is 202 g/mol. The normalized spacial score (nSPS) is 13.9. The Bertz CT molecular complexity index is 511. The molecule has 1 aromatic carbocycles. The lowest BCUT2D eigenvalue weighted by molar-refractivity contribution is -0.110. The molecule has 0 atom stereocenters. The summed E-state index contributed by atoms with van der Waals surface area (Å²) in [6.45, 7) is 0. The van der Waals surface area contributed by atoms with Gasteiger partial charge < -0.3 is 5.11 Å². The van der Waals surface area contributed by atoms with Gasteiger partial charge in [-0.15, -0.1) is 0 Å². The van der Waals surface area contributed by atoms with Gasteiger partial charge in [0.15, 0.2) is 0 Å². The average Bonchev–Trinajstić information content (AvgIpc) is 2.23. The second-order valence-corrected chi connectivity index (χ2v) is 3.10. The third-order valence-corrected chi connectivity index (χ3v) is 2.21. The van der Waals surface area contributed by atoms with Gasteiger partial charge in [0, 0.05) is 11.1 Å². The lowest BCUT2D eigenvalue weighted by atomic mass is 9.92. The van der Waals surface area contributed by atoms with Gasteiger partial charge in [0.1, 0.15) is 0 Å². The quantitative estimate of drug-likeness (QED) is 0.693. The number of Topliss-reactive ketones (excluding diaryl/α,β-unsaturated/α-hetero) is 1. The second-order valence-electron chi connectivity index (χ2n) is 3.10. The van der Waals surface area contributed by atoms with Crippen LogP contribution in [0.3, 0.4) is 0 Å². The Morgan fingerprint density at radius 1 is 1.13 bits per heavy atom. The van der Waals surface area contributed by atoms with Gasteiger partial charge in [0.25, 0.3) is 0 Å². The van der Waals surface area contributed by atoms with Gasteiger partial charge in [-0.1, -0.05) is 12.1 Å². The molecule has 0 fully saturated rings. The molecule has 1 aliphatic carbocycles. The SMILES string of the molecule is O=C1C=Cc2c(C(=O)O)cccc2C1=O. The number of aromatic carboxylic acids is 1. The maximum absolute atomic E-state index is 11.4. The van der Waals surface area contributed by atoms with Crippen LogP contribution in [-0.2, 0) is 4.79 Å². The van der Waals surface area contributed by atoms with Gasteiger partial charge in [-0.25, -0.2) is 4.79 Å². The molecule has 1 aliphatic rings. The summed E-state index contributed by atoms with van der Waals surface area (Å²) in [5, 5.41) is 8.86. The van der Waals surface area contributed by atoms with E-state index in [4.69, 9.17) is 5.11 Å². The molecule has 0 aliphatic heterocycles. The van der Waals surface area contributed by atoms with E-state index in [2.05, 4.69) is 0 Å². The molecule has 4 nitrogen and oxygen atoms in total. The fourth-order valence-corrected chi connectivity index (χ4v) is 1.50. The van der Waals surface area contributed by atoms with Crippen molar-refractivity contribution in [3.63, 3.8) is 0 Å². The van der Waals surface area contributed by atoms with Crippen LogP contribution in [0.15, 0.2) is 24.3 Å². The van der Waals surface area contributed by atoms with Crippen molar-refractivity contribution in [2.24, 2.45) is 0 Å². The highest BCUT2D eigenvalue weighted by Gasteiger charge is 2.23. The zero-order valence-electron chi connectivity index (χ0n) is 7.56. The van der Waals surface area contributed by atoms with E-state index in [0.717, 1.165) is 6.08 Å². The van der Waals surface area contributed by atoms with Crippen molar-refractivity contribution in [3.05, 3.63) is 41.0 Å². The van der Waals surface area contributed by atoms with Gasteiger partial charge in [-0.2, -0.15) is 0 Å². The van der Waals surface area contributed by atoms with E-state index >= 15 is 0 Å². The first-order chi connectivity index (χ1) is 7.11. The molecule has 2 rings (SSSR count). The molecular formula is C11H6O4. The molecule has 15 heavy (non-hydrogen) atoms. The first kappa shape index (κ1) is 9.33. The van der Waals surface area contributed by atoms with Gasteiger partial charge >= 0.3 is 5.97 Å². The zero-order valence-corrected chi connectivity index (χ0v) is 7.56. The van der Waals surface area contributed by atoms with Crippen LogP contribution < -0.4 is 0 Å². The Balaban J connectivity index is 2.72. The molecule has 0 heterocycles. The minimum absolute atomic E-state index is 0.0320. The molecular weight excluding hydrogens is 196 g/mol. The Hall–Kier alpha value is -2.23. The van der Waals surface area contributed by atoms with Crippen molar-refractivity contribution in [1.82, 2.24) is 0 Å². The second kappa shape index (κ2) is 3.16. The van der Waals surface area contributed by atoms with Crippen molar-refractivity contribution in [3.8, 4) is 0 Å². The van der Waals surface area contributed by atoms with Crippen LogP contribution in [0.1, 0.15) is 26.3 Å². The van der Waals surface area contributed by atoms with Crippen LogP contribution >= 0.6 is 0 Å². The highest BCUT2D eigenvalue weighted by atomic mass is 16.4. The zero-order chi connectivity index (χ0) is 11.0. The highest BCUT2D eigenvalue weighted by molar-refractivity contribution is 6.50. The maximum Gasteiger partial charge on any atom is 0.336 e. The topological polar surface area (TPSA) is 71.4 Å². The minimum Gasteiger partial charge on any atom is -0.478 e. The largest absolute Gasteiger partial charge is 0.478 e. The Morgan fingerprint density at radius 2 is 1.87 bits per heavy atom. The van der Waals surface area contributed by atoms with Crippen LogP contribution in [0.2, 0.25) is 0 Å². The molecule has 1 N–H and O–H groups in total. The molecule has 1 aromatic rings. The van der Waals surface area contributed by atoms with E-state index in [-0.39, 0.29) is 11.1 Å². The standard InChI is InChI=1S/C11H6O4/c12-9-5-4-6-7(10(9)13)2-1-3-8(6)11(14)15/h1-5H,(H,14,15). The van der Waals surface area contributed by atoms with Crippen LogP contribution in [0.25, 0.3) is 6.08 Å². The number of fused-ring (bicyclic) bond motifs is 1. The van der Waals surface area contributed by atoms with E-state index in [9.17, 15) is 14.4 Å². The molecule has 0 amide bonds. The number of hydrogen-bond donors (Lipinski definition) is 1. The number of hydrogen-bond acceptors (Lipinski definition) is 3. The first-order valence-corrected chi connectivity index (χ1v) is 4.24. The smallest absolute Gasteiger partial charge is 0.336 e. The number of rotatable bonds is 1. The summed E-state index contributed by atoms with van der Waals surface area (Å²) >= 11 is 0. The Morgan fingerprint density at radius 3 is 2.53 bits per heavy atom. The predicted molar refractivity (Wildman–Crippen MR) is 51.8 cm³/mol. The fourth-order valence-electron chi connectivity index (χ4n) is 1.50. The molecule has 0 bridgehead atoms. The van der Waals surface area contributed by atoms with Gasteiger partial charge in [0.2, 0.25) is 11.6 Å². The van der Waals surface area contributed by atoms with Crippen molar-refractivity contribution in [2.45, 2.75) is 0 Å². The first-order valence-electron chi connectivity index (χ1n) is 4.24. The van der Waals surface area contributed by atoms with Gasteiger partial charge in [-0.3, -0.25) is 9.59 Å². The molecule has 0 saturated heterocycles. The predicted octanol–water partition coefficient (Wildman–Crippen LogP) is 1.16. The summed E-state index contributed by atoms with van der Waals surface area (Å²) < 4.78 is 0. The van der Waals surface area contributed by atoms with Crippen LogP contribution in [0.5, 0.6) is 0 Å². The molecule has 74 valence electrons. The third kappa shape index (κ3) is 1.36. The molecule has 0 spiro atoms. The number of carbonyl (C=O) groups excluding carboxylic acids is 2. The van der Waals surface area contributed by atoms with Crippen molar-refractivity contribution in [1.29, 1.82) is 0 Å². The fraction of sp³-hybridized carbons (Fsp3) is 0. The minimum atomic E-state index is -1.11. The Kier molecular flexibility index (Phi) is 1.97. The van der Waals surface area contributed by atoms with E-state index in [1.54, 1.807) is 0 Å². The van der Waals surface area contributed by atoms with Crippen molar-refractivity contribution < 1.29 is 19.5 Å².